The van der Waals surface area contributed by atoms with Crippen LogP contribution in [0.25, 0.3) is 0 Å². The molecule has 0 bridgehead atoms. The van der Waals surface area contributed by atoms with Gasteiger partial charge in [-0.1, -0.05) is 0 Å². The van der Waals surface area contributed by atoms with Gasteiger partial charge in [0.15, 0.2) is 0 Å². The molecule has 4 aromatic rings. The van der Waals surface area contributed by atoms with Gasteiger partial charge in [-0.25, -0.2) is 0 Å². The van der Waals surface area contributed by atoms with Gasteiger partial charge >= 0.3 is 278 Å². The summed E-state index contributed by atoms with van der Waals surface area (Å²) in [7, 11) is 0. The molecule has 0 atom stereocenters. The molecule has 0 N–H and O–H groups in total. The molecule has 0 unspecified atom stereocenters. The Labute approximate surface area is 273 Å². The quantitative estimate of drug-likeness (QED) is 0.0719. The molecule has 4 rings (SSSR count). The van der Waals surface area contributed by atoms with Gasteiger partial charge in [0.2, 0.25) is 0 Å². The molecule has 0 amide bonds. The van der Waals surface area contributed by atoms with Crippen molar-refractivity contribution in [2.24, 2.45) is 0 Å². The Balaban J connectivity index is 1.31. The van der Waals surface area contributed by atoms with Gasteiger partial charge in [-0.05, 0) is 0 Å². The van der Waals surface area contributed by atoms with E-state index in [0.29, 0.717) is 0 Å². The van der Waals surface area contributed by atoms with E-state index in [1.54, 1.807) is 0 Å². The van der Waals surface area contributed by atoms with Crippen LogP contribution in [0, 0.1) is 0 Å². The fourth-order valence-corrected chi connectivity index (χ4v) is 304. The van der Waals surface area contributed by atoms with Crippen LogP contribution < -0.4 is 0 Å². The maximum absolute atomic E-state index is 5.63. The van der Waals surface area contributed by atoms with Gasteiger partial charge in [0, 0.05) is 0 Å². The normalized spacial score (nSPS) is 12.1. The predicted octanol–water partition coefficient (Wildman–Crippen LogP) is 6.86. The van der Waals surface area contributed by atoms with E-state index >= 15 is 0 Å². The molecule has 11 heteroatoms. The fraction of sp³-hybridized carbons (Fsp3) is 0.429. The second-order valence-electron chi connectivity index (χ2n) is 9.63. The molecule has 0 saturated carbocycles. The first kappa shape index (κ1) is 33.5. The zero-order chi connectivity index (χ0) is 27.2. The summed E-state index contributed by atoms with van der Waals surface area (Å²) in [6.45, 7) is 0. The van der Waals surface area contributed by atoms with Crippen molar-refractivity contribution >= 4 is 87.3 Å². The van der Waals surface area contributed by atoms with Crippen LogP contribution in [0.2, 0.25) is 0 Å². The van der Waals surface area contributed by atoms with Crippen molar-refractivity contribution in [2.75, 3.05) is 24.6 Å². The average Bonchev–Trinajstić information content (AvgIpc) is 3.74. The SMILES string of the molecule is [Se]=P(CCCc1ccco1)(CCCc1ccco1)[Se][Ba][Se]P(=[Se])(CCCc1ccco1)CCCc1ccco1. The van der Waals surface area contributed by atoms with E-state index in [2.05, 4.69) is 54.5 Å². The third-order valence-corrected chi connectivity index (χ3v) is 185. The third-order valence-electron chi connectivity index (χ3n) is 6.58. The summed E-state index contributed by atoms with van der Waals surface area (Å²) >= 11 is 6.82. The van der Waals surface area contributed by atoms with Gasteiger partial charge in [-0.2, -0.15) is 0 Å². The molecule has 0 aliphatic carbocycles. The second kappa shape index (κ2) is 18.4. The van der Waals surface area contributed by atoms with E-state index in [0.717, 1.165) is 60.2 Å². The Bertz CT molecular complexity index is 1070. The summed E-state index contributed by atoms with van der Waals surface area (Å²) < 4.78 is 20.6. The molecule has 0 radical (unpaired) electrons. The predicted molar refractivity (Wildman–Crippen MR) is 170 cm³/mol. The number of aryl methyl sites for hydroxylation is 4. The molecule has 0 aliphatic rings. The van der Waals surface area contributed by atoms with Crippen LogP contribution in [0.4, 0.5) is 0 Å². The zero-order valence-corrected chi connectivity index (χ0v) is 35.4. The van der Waals surface area contributed by atoms with E-state index in [4.69, 9.17) is 17.7 Å². The summed E-state index contributed by atoms with van der Waals surface area (Å²) in [5.41, 5.74) is 1.80. The van der Waals surface area contributed by atoms with Crippen molar-refractivity contribution in [3.63, 3.8) is 0 Å². The van der Waals surface area contributed by atoms with E-state index in [1.807, 2.05) is 49.3 Å². The zero-order valence-electron chi connectivity index (χ0n) is 22.3. The molecular formula is C28H36BaO4P2Se4. The third kappa shape index (κ3) is 13.0. The van der Waals surface area contributed by atoms with Crippen LogP contribution in [0.3, 0.4) is 0 Å². The Kier molecular flexibility index (Phi) is 15.8. The standard InChI is InChI=1S/2C14H19O2PSe2.Ba/c2*18-17(19,11-3-7-13-5-1-9-15-13)12-4-8-14-6-2-10-16-14;/h2*1-2,5-6,9-10H,3-4,7-8,11-12H2,(H,18,19);/q;;+2/p-2. The van der Waals surface area contributed by atoms with Crippen molar-refractivity contribution in [2.45, 2.75) is 51.4 Å². The first-order chi connectivity index (χ1) is 19.0. The van der Waals surface area contributed by atoms with Gasteiger partial charge < -0.3 is 0 Å². The average molecular weight is 952 g/mol. The summed E-state index contributed by atoms with van der Waals surface area (Å²) in [6, 6.07) is 16.6. The van der Waals surface area contributed by atoms with Gasteiger partial charge in [0.05, 0.1) is 0 Å². The van der Waals surface area contributed by atoms with E-state index < -0.39 is 45.7 Å². The fourth-order valence-electron chi connectivity index (χ4n) is 4.49. The number of rotatable bonds is 20. The minimum absolute atomic E-state index is 0.899. The molecular weight excluding hydrogens is 915 g/mol. The van der Waals surface area contributed by atoms with Gasteiger partial charge in [-0.15, -0.1) is 0 Å². The van der Waals surface area contributed by atoms with Crippen LogP contribution in [0.15, 0.2) is 91.3 Å². The topological polar surface area (TPSA) is 52.6 Å². The molecule has 0 fully saturated rings. The summed E-state index contributed by atoms with van der Waals surface area (Å²) in [5.74, 6) is 4.55. The van der Waals surface area contributed by atoms with Gasteiger partial charge in [-0.3, -0.25) is 0 Å². The Morgan fingerprint density at radius 3 is 1.03 bits per heavy atom. The van der Waals surface area contributed by atoms with Crippen LogP contribution in [-0.2, 0) is 25.7 Å². The van der Waals surface area contributed by atoms with Crippen molar-refractivity contribution in [1.29, 1.82) is 0 Å². The first-order valence-electron chi connectivity index (χ1n) is 13.6. The minimum atomic E-state index is -0.980. The van der Waals surface area contributed by atoms with Gasteiger partial charge in [0.25, 0.3) is 0 Å². The molecule has 0 saturated heterocycles. The van der Waals surface area contributed by atoms with Crippen molar-refractivity contribution in [3.05, 3.63) is 96.6 Å². The monoisotopic (exact) mass is 956 g/mol. The molecule has 4 heterocycles. The number of hydrogen-bond donors (Lipinski definition) is 0. The molecule has 208 valence electrons. The van der Waals surface area contributed by atoms with E-state index in [9.17, 15) is 0 Å². The van der Waals surface area contributed by atoms with E-state index in [-0.39, 0.29) is 0 Å². The first-order valence-corrected chi connectivity index (χ1v) is 48.0. The number of furan rings is 4. The van der Waals surface area contributed by atoms with Crippen molar-refractivity contribution in [3.8, 4) is 0 Å². The molecule has 4 nitrogen and oxygen atoms in total. The Hall–Kier alpha value is 1.63. The van der Waals surface area contributed by atoms with Crippen LogP contribution in [0.5, 0.6) is 0 Å². The Morgan fingerprint density at radius 1 is 0.513 bits per heavy atom. The van der Waals surface area contributed by atoms with Crippen molar-refractivity contribution < 1.29 is 17.7 Å². The number of hydrogen-bond acceptors (Lipinski definition) is 4. The van der Waals surface area contributed by atoms with Crippen LogP contribution in [0.1, 0.15) is 48.7 Å². The molecule has 0 aromatic carbocycles. The van der Waals surface area contributed by atoms with Crippen LogP contribution >= 0.6 is 8.40 Å². The summed E-state index contributed by atoms with van der Waals surface area (Å²) in [6.07, 6.45) is 22.1. The molecule has 0 spiro atoms. The van der Waals surface area contributed by atoms with Crippen LogP contribution in [-0.4, -0.2) is 104 Å². The Morgan fingerprint density at radius 2 is 0.795 bits per heavy atom. The molecule has 4 aromatic heterocycles. The summed E-state index contributed by atoms with van der Waals surface area (Å²) in [4.78, 5) is 0. The second-order valence-corrected chi connectivity index (χ2v) is 91.4. The van der Waals surface area contributed by atoms with E-state index in [1.165, 1.54) is 50.3 Å². The van der Waals surface area contributed by atoms with Gasteiger partial charge in [0.1, 0.15) is 0 Å². The molecule has 0 aliphatic heterocycles. The summed E-state index contributed by atoms with van der Waals surface area (Å²) in [5, 5.41) is 0. The molecule has 39 heavy (non-hydrogen) atoms. The maximum atomic E-state index is 5.63. The van der Waals surface area contributed by atoms with Crippen molar-refractivity contribution in [1.82, 2.24) is 0 Å².